The Balaban J connectivity index is 1.75. The second-order valence-electron chi connectivity index (χ2n) is 4.22. The summed E-state index contributed by atoms with van der Waals surface area (Å²) in [5.41, 5.74) is 2.26. The normalized spacial score (nSPS) is 24.2. The van der Waals surface area contributed by atoms with Crippen molar-refractivity contribution >= 4 is 5.90 Å². The lowest BCUT2D eigenvalue weighted by molar-refractivity contribution is 0.0277. The third-order valence-corrected chi connectivity index (χ3v) is 3.04. The van der Waals surface area contributed by atoms with E-state index in [2.05, 4.69) is 34.6 Å². The van der Waals surface area contributed by atoms with E-state index in [1.54, 1.807) is 0 Å². The number of rotatable bonds is 2. The van der Waals surface area contributed by atoms with Crippen molar-refractivity contribution in [2.24, 2.45) is 4.99 Å². The summed E-state index contributed by atoms with van der Waals surface area (Å²) in [5.74, 6) is 0.763. The molecule has 1 aromatic carbocycles. The van der Waals surface area contributed by atoms with E-state index in [9.17, 15) is 0 Å². The Morgan fingerprint density at radius 1 is 1.18 bits per heavy atom. The third-order valence-electron chi connectivity index (χ3n) is 3.04. The molecule has 0 aliphatic carbocycles. The van der Waals surface area contributed by atoms with Crippen LogP contribution in [0.5, 0.6) is 0 Å². The lowest BCUT2D eigenvalue weighted by Crippen LogP contribution is -2.33. The molecule has 1 atom stereocenters. The second kappa shape index (κ2) is 4.85. The molecule has 1 fully saturated rings. The number of benzene rings is 1. The van der Waals surface area contributed by atoms with Crippen LogP contribution in [-0.2, 0) is 9.47 Å². The van der Waals surface area contributed by atoms with Crippen molar-refractivity contribution < 1.29 is 9.47 Å². The highest BCUT2D eigenvalue weighted by Gasteiger charge is 2.16. The number of ether oxygens (including phenoxy) is 2. The van der Waals surface area contributed by atoms with E-state index in [4.69, 9.17) is 9.47 Å². The molecule has 3 rings (SSSR count). The van der Waals surface area contributed by atoms with Gasteiger partial charge in [-0.05, 0) is 17.7 Å². The van der Waals surface area contributed by atoms with Crippen molar-refractivity contribution in [1.82, 2.24) is 5.32 Å². The molecule has 4 nitrogen and oxygen atoms in total. The number of aliphatic imine (C=N–C) groups is 1. The van der Waals surface area contributed by atoms with Gasteiger partial charge < -0.3 is 14.8 Å². The SMILES string of the molecule is c1cc(C2CNCCO2)ccc1C1=NCCO1. The van der Waals surface area contributed by atoms with Gasteiger partial charge in [0.05, 0.1) is 19.3 Å². The Bertz CT molecular complexity index is 408. The van der Waals surface area contributed by atoms with Gasteiger partial charge >= 0.3 is 0 Å². The molecule has 2 aliphatic heterocycles. The van der Waals surface area contributed by atoms with Crippen molar-refractivity contribution in [2.75, 3.05) is 32.8 Å². The summed E-state index contributed by atoms with van der Waals surface area (Å²) < 4.78 is 11.1. The van der Waals surface area contributed by atoms with Gasteiger partial charge in [0.15, 0.2) is 0 Å². The largest absolute Gasteiger partial charge is 0.476 e. The summed E-state index contributed by atoms with van der Waals surface area (Å²) in [7, 11) is 0. The van der Waals surface area contributed by atoms with Gasteiger partial charge in [-0.25, -0.2) is 4.99 Å². The first-order valence-corrected chi connectivity index (χ1v) is 6.03. The summed E-state index contributed by atoms with van der Waals surface area (Å²) in [6.45, 7) is 4.08. The minimum absolute atomic E-state index is 0.171. The maximum atomic E-state index is 5.71. The highest BCUT2D eigenvalue weighted by Crippen LogP contribution is 2.19. The van der Waals surface area contributed by atoms with Crippen LogP contribution in [-0.4, -0.2) is 38.7 Å². The molecular formula is C13H16N2O2. The molecule has 1 N–H and O–H groups in total. The fourth-order valence-corrected chi connectivity index (χ4v) is 2.13. The van der Waals surface area contributed by atoms with Gasteiger partial charge in [0, 0.05) is 18.7 Å². The topological polar surface area (TPSA) is 42.8 Å². The minimum atomic E-state index is 0.171. The molecule has 90 valence electrons. The first-order valence-electron chi connectivity index (χ1n) is 6.03. The lowest BCUT2D eigenvalue weighted by atomic mass is 10.1. The molecule has 17 heavy (non-hydrogen) atoms. The van der Waals surface area contributed by atoms with Crippen LogP contribution in [0.3, 0.4) is 0 Å². The molecule has 4 heteroatoms. The second-order valence-corrected chi connectivity index (χ2v) is 4.22. The Morgan fingerprint density at radius 3 is 2.71 bits per heavy atom. The maximum absolute atomic E-state index is 5.71. The Morgan fingerprint density at radius 2 is 2.06 bits per heavy atom. The molecular weight excluding hydrogens is 216 g/mol. The minimum Gasteiger partial charge on any atom is -0.476 e. The Kier molecular flexibility index (Phi) is 3.07. The standard InChI is InChI=1S/C13H16N2O2/c1-3-11(13-15-6-8-17-13)4-2-10(1)12-9-14-5-7-16-12/h1-4,12,14H,5-9H2. The van der Waals surface area contributed by atoms with Crippen molar-refractivity contribution in [3.05, 3.63) is 35.4 Å². The molecule has 0 aromatic heterocycles. The van der Waals surface area contributed by atoms with E-state index < -0.39 is 0 Å². The number of morpholine rings is 1. The highest BCUT2D eigenvalue weighted by atomic mass is 16.5. The van der Waals surface area contributed by atoms with Crippen LogP contribution in [0.4, 0.5) is 0 Å². The number of nitrogens with zero attached hydrogens (tertiary/aromatic N) is 1. The van der Waals surface area contributed by atoms with Crippen LogP contribution in [0.1, 0.15) is 17.2 Å². The third kappa shape index (κ3) is 2.33. The van der Waals surface area contributed by atoms with E-state index in [1.165, 1.54) is 5.56 Å². The molecule has 2 aliphatic rings. The molecule has 0 radical (unpaired) electrons. The molecule has 1 saturated heterocycles. The quantitative estimate of drug-likeness (QED) is 0.831. The van der Waals surface area contributed by atoms with Gasteiger partial charge in [0.1, 0.15) is 6.61 Å². The molecule has 0 spiro atoms. The van der Waals surface area contributed by atoms with Gasteiger partial charge in [0.25, 0.3) is 0 Å². The van der Waals surface area contributed by atoms with Crippen LogP contribution in [0.2, 0.25) is 0 Å². The number of hydrogen-bond acceptors (Lipinski definition) is 4. The van der Waals surface area contributed by atoms with Crippen LogP contribution in [0, 0.1) is 0 Å². The van der Waals surface area contributed by atoms with Crippen molar-refractivity contribution in [1.29, 1.82) is 0 Å². The number of nitrogens with one attached hydrogen (secondary N) is 1. The van der Waals surface area contributed by atoms with Crippen molar-refractivity contribution in [2.45, 2.75) is 6.10 Å². The van der Waals surface area contributed by atoms with E-state index >= 15 is 0 Å². The lowest BCUT2D eigenvalue weighted by Gasteiger charge is -2.24. The molecule has 1 unspecified atom stereocenters. The van der Waals surface area contributed by atoms with Crippen LogP contribution in [0.25, 0.3) is 0 Å². The van der Waals surface area contributed by atoms with E-state index in [0.29, 0.717) is 6.61 Å². The zero-order chi connectivity index (χ0) is 11.5. The Hall–Kier alpha value is -1.39. The molecule has 1 aromatic rings. The zero-order valence-corrected chi connectivity index (χ0v) is 9.69. The maximum Gasteiger partial charge on any atom is 0.216 e. The monoisotopic (exact) mass is 232 g/mol. The van der Waals surface area contributed by atoms with Crippen LogP contribution < -0.4 is 5.32 Å². The molecule has 2 heterocycles. The van der Waals surface area contributed by atoms with Crippen molar-refractivity contribution in [3.63, 3.8) is 0 Å². The summed E-state index contributed by atoms with van der Waals surface area (Å²) in [4.78, 5) is 4.30. The average Bonchev–Trinajstić information content (AvgIpc) is 2.94. The summed E-state index contributed by atoms with van der Waals surface area (Å²) >= 11 is 0. The smallest absolute Gasteiger partial charge is 0.216 e. The van der Waals surface area contributed by atoms with Gasteiger partial charge in [-0.2, -0.15) is 0 Å². The van der Waals surface area contributed by atoms with Crippen molar-refractivity contribution in [3.8, 4) is 0 Å². The predicted molar refractivity (Wildman–Crippen MR) is 65.4 cm³/mol. The summed E-state index contributed by atoms with van der Waals surface area (Å²) in [6.07, 6.45) is 0.171. The molecule has 0 bridgehead atoms. The zero-order valence-electron chi connectivity index (χ0n) is 9.69. The highest BCUT2D eigenvalue weighted by molar-refractivity contribution is 5.94. The number of hydrogen-bond donors (Lipinski definition) is 1. The van der Waals surface area contributed by atoms with Crippen LogP contribution >= 0.6 is 0 Å². The fourth-order valence-electron chi connectivity index (χ4n) is 2.13. The first-order chi connectivity index (χ1) is 8.43. The van der Waals surface area contributed by atoms with Gasteiger partial charge in [-0.15, -0.1) is 0 Å². The summed E-state index contributed by atoms with van der Waals surface area (Å²) in [6, 6.07) is 8.29. The molecule has 0 amide bonds. The Labute approximate surface area is 101 Å². The summed E-state index contributed by atoms with van der Waals surface area (Å²) in [5, 5.41) is 3.33. The molecule has 0 saturated carbocycles. The van der Waals surface area contributed by atoms with Crippen LogP contribution in [0.15, 0.2) is 29.3 Å². The van der Waals surface area contributed by atoms with Gasteiger partial charge in [-0.1, -0.05) is 12.1 Å². The predicted octanol–water partition coefficient (Wildman–Crippen LogP) is 1.12. The average molecular weight is 232 g/mol. The van der Waals surface area contributed by atoms with E-state index in [0.717, 1.165) is 37.7 Å². The van der Waals surface area contributed by atoms with E-state index in [-0.39, 0.29) is 6.10 Å². The fraction of sp³-hybridized carbons (Fsp3) is 0.462. The van der Waals surface area contributed by atoms with Gasteiger partial charge in [-0.3, -0.25) is 0 Å². The first kappa shape index (κ1) is 10.7. The van der Waals surface area contributed by atoms with Gasteiger partial charge in [0.2, 0.25) is 5.90 Å². The van der Waals surface area contributed by atoms with E-state index in [1.807, 2.05) is 0 Å².